The second kappa shape index (κ2) is 6.89. The summed E-state index contributed by atoms with van der Waals surface area (Å²) in [4.78, 5) is 29.1. The van der Waals surface area contributed by atoms with E-state index >= 15 is 0 Å². The van der Waals surface area contributed by atoms with Crippen LogP contribution in [0.2, 0.25) is 0 Å². The molecule has 0 aromatic heterocycles. The van der Waals surface area contributed by atoms with E-state index in [9.17, 15) is 18.4 Å². The van der Waals surface area contributed by atoms with Crippen molar-refractivity contribution in [3.05, 3.63) is 65.2 Å². The molecule has 0 bridgehead atoms. The summed E-state index contributed by atoms with van der Waals surface area (Å²) < 4.78 is 26.7. The van der Waals surface area contributed by atoms with Gasteiger partial charge in [-0.1, -0.05) is 0 Å². The number of hydrogen-bond donors (Lipinski definition) is 1. The van der Waals surface area contributed by atoms with E-state index in [0.717, 1.165) is 0 Å². The molecule has 0 saturated carbocycles. The van der Waals surface area contributed by atoms with Crippen LogP contribution in [0.25, 0.3) is 0 Å². The number of nitrogens with one attached hydrogen (secondary N) is 1. The second-order valence-corrected chi connectivity index (χ2v) is 7.19. The number of fused-ring (bicyclic) bond motifs is 1. The first-order valence-electron chi connectivity index (χ1n) is 9.38. The molecule has 28 heavy (non-hydrogen) atoms. The predicted octanol–water partition coefficient (Wildman–Crippen LogP) is 3.17. The first-order valence-corrected chi connectivity index (χ1v) is 9.38. The average molecular weight is 385 g/mol. The molecule has 2 aromatic rings. The first-order chi connectivity index (χ1) is 13.4. The zero-order valence-electron chi connectivity index (χ0n) is 15.5. The summed E-state index contributed by atoms with van der Waals surface area (Å²) in [6, 6.07) is 9.77. The van der Waals surface area contributed by atoms with Crippen molar-refractivity contribution in [2.75, 3.05) is 24.5 Å². The molecular weight excluding hydrogens is 364 g/mol. The van der Waals surface area contributed by atoms with Gasteiger partial charge in [-0.3, -0.25) is 9.59 Å². The lowest BCUT2D eigenvalue weighted by molar-refractivity contribution is 0.0603. The van der Waals surface area contributed by atoms with Crippen molar-refractivity contribution in [2.24, 2.45) is 0 Å². The summed E-state index contributed by atoms with van der Waals surface area (Å²) in [5.41, 5.74) is 0.887. The minimum atomic E-state index is -0.601. The average Bonchev–Trinajstić information content (AvgIpc) is 2.69. The number of benzene rings is 2. The van der Waals surface area contributed by atoms with Crippen LogP contribution in [0, 0.1) is 11.6 Å². The summed E-state index contributed by atoms with van der Waals surface area (Å²) in [7, 11) is 0. The Labute approximate surface area is 161 Å². The van der Waals surface area contributed by atoms with Gasteiger partial charge in [-0.25, -0.2) is 8.78 Å². The molecule has 1 fully saturated rings. The fourth-order valence-electron chi connectivity index (χ4n) is 4.22. The minimum Gasteiger partial charge on any atom is -0.348 e. The van der Waals surface area contributed by atoms with Crippen LogP contribution in [-0.4, -0.2) is 42.0 Å². The van der Waals surface area contributed by atoms with Gasteiger partial charge < -0.3 is 15.1 Å². The molecule has 1 N–H and O–H groups in total. The van der Waals surface area contributed by atoms with Crippen molar-refractivity contribution in [3.8, 4) is 0 Å². The van der Waals surface area contributed by atoms with Gasteiger partial charge >= 0.3 is 0 Å². The Morgan fingerprint density at radius 2 is 1.71 bits per heavy atom. The monoisotopic (exact) mass is 385 g/mol. The van der Waals surface area contributed by atoms with Gasteiger partial charge in [-0.15, -0.1) is 0 Å². The van der Waals surface area contributed by atoms with Crippen LogP contribution in [-0.2, 0) is 0 Å². The quantitative estimate of drug-likeness (QED) is 0.864. The van der Waals surface area contributed by atoms with E-state index in [2.05, 4.69) is 10.2 Å². The van der Waals surface area contributed by atoms with Crippen LogP contribution in [0.3, 0.4) is 0 Å². The minimum absolute atomic E-state index is 0.150. The molecule has 2 aliphatic rings. The highest BCUT2D eigenvalue weighted by atomic mass is 19.1. The second-order valence-electron chi connectivity index (χ2n) is 7.19. The molecule has 0 aliphatic carbocycles. The van der Waals surface area contributed by atoms with Crippen molar-refractivity contribution in [1.29, 1.82) is 0 Å². The first kappa shape index (κ1) is 18.4. The Morgan fingerprint density at radius 1 is 1.07 bits per heavy atom. The molecule has 0 unspecified atom stereocenters. The van der Waals surface area contributed by atoms with E-state index in [-0.39, 0.29) is 17.6 Å². The number of amides is 2. The number of halogens is 2. The molecule has 5 nitrogen and oxygen atoms in total. The fraction of sp³-hybridized carbons (Fsp3) is 0.333. The lowest BCUT2D eigenvalue weighted by Gasteiger charge is -2.52. The highest BCUT2D eigenvalue weighted by Gasteiger charge is 2.45. The predicted molar refractivity (Wildman–Crippen MR) is 101 cm³/mol. The van der Waals surface area contributed by atoms with E-state index in [4.69, 9.17) is 0 Å². The van der Waals surface area contributed by atoms with Gasteiger partial charge in [0.1, 0.15) is 17.3 Å². The van der Waals surface area contributed by atoms with Gasteiger partial charge in [0.25, 0.3) is 11.8 Å². The number of hydrogen-bond acceptors (Lipinski definition) is 3. The van der Waals surface area contributed by atoms with Crippen molar-refractivity contribution in [3.63, 3.8) is 0 Å². The van der Waals surface area contributed by atoms with Crippen LogP contribution < -0.4 is 10.2 Å². The van der Waals surface area contributed by atoms with Gasteiger partial charge in [0.2, 0.25) is 0 Å². The largest absolute Gasteiger partial charge is 0.348 e. The maximum atomic E-state index is 13.6. The summed E-state index contributed by atoms with van der Waals surface area (Å²) in [5, 5.41) is 3.06. The Hall–Kier alpha value is -2.96. The van der Waals surface area contributed by atoms with Crippen molar-refractivity contribution in [1.82, 2.24) is 10.2 Å². The van der Waals surface area contributed by atoms with Crippen LogP contribution in [0.4, 0.5) is 14.5 Å². The molecule has 1 saturated heterocycles. The number of carbonyl (C=O) groups is 2. The van der Waals surface area contributed by atoms with Crippen molar-refractivity contribution < 1.29 is 18.4 Å². The maximum Gasteiger partial charge on any atom is 0.255 e. The Balaban J connectivity index is 1.56. The molecule has 2 aromatic carbocycles. The van der Waals surface area contributed by atoms with Gasteiger partial charge in [0.05, 0.1) is 11.3 Å². The molecule has 2 aliphatic heterocycles. The summed E-state index contributed by atoms with van der Waals surface area (Å²) >= 11 is 0. The zero-order chi connectivity index (χ0) is 19.9. The van der Waals surface area contributed by atoms with Gasteiger partial charge in [0, 0.05) is 38.0 Å². The standard InChI is InChI=1S/C21H21F2N3O2/c1-2-26-18-8-7-16(23)13-17(18)19(27)24-21(26)9-11-25(12-10-21)20(28)14-3-5-15(22)6-4-14/h3-8,13H,2,9-12H2,1H3,(H,24,27). The number of piperidine rings is 1. The highest BCUT2D eigenvalue weighted by molar-refractivity contribution is 6.02. The number of likely N-dealkylation sites (tertiary alicyclic amines) is 1. The third kappa shape index (κ3) is 3.00. The van der Waals surface area contributed by atoms with E-state index in [1.807, 2.05) is 6.92 Å². The topological polar surface area (TPSA) is 52.7 Å². The number of rotatable bonds is 2. The third-order valence-corrected chi connectivity index (χ3v) is 5.64. The summed E-state index contributed by atoms with van der Waals surface area (Å²) in [6.45, 7) is 3.56. The van der Waals surface area contributed by atoms with E-state index in [1.54, 1.807) is 11.0 Å². The van der Waals surface area contributed by atoms with Crippen LogP contribution in [0.5, 0.6) is 0 Å². The van der Waals surface area contributed by atoms with Crippen LogP contribution in [0.15, 0.2) is 42.5 Å². The van der Waals surface area contributed by atoms with E-state index in [0.29, 0.717) is 49.3 Å². The molecule has 146 valence electrons. The van der Waals surface area contributed by atoms with E-state index < -0.39 is 11.5 Å². The summed E-state index contributed by atoms with van der Waals surface area (Å²) in [6.07, 6.45) is 1.10. The molecule has 0 radical (unpaired) electrons. The van der Waals surface area contributed by atoms with E-state index in [1.165, 1.54) is 36.4 Å². The normalized spacial score (nSPS) is 18.0. The maximum absolute atomic E-state index is 13.6. The van der Waals surface area contributed by atoms with Crippen LogP contribution >= 0.6 is 0 Å². The molecular formula is C21H21F2N3O2. The third-order valence-electron chi connectivity index (χ3n) is 5.64. The van der Waals surface area contributed by atoms with Crippen molar-refractivity contribution >= 4 is 17.5 Å². The molecule has 7 heteroatoms. The Bertz CT molecular complexity index is 922. The summed E-state index contributed by atoms with van der Waals surface area (Å²) in [5.74, 6) is -1.27. The van der Waals surface area contributed by atoms with Crippen LogP contribution in [0.1, 0.15) is 40.5 Å². The van der Waals surface area contributed by atoms with Gasteiger partial charge in [-0.2, -0.15) is 0 Å². The van der Waals surface area contributed by atoms with Crippen molar-refractivity contribution in [2.45, 2.75) is 25.4 Å². The molecule has 1 spiro atoms. The Morgan fingerprint density at radius 3 is 2.36 bits per heavy atom. The SMILES string of the molecule is CCN1c2ccc(F)cc2C(=O)NC12CCN(C(=O)c1ccc(F)cc1)CC2. The molecule has 0 atom stereocenters. The van der Waals surface area contributed by atoms with Gasteiger partial charge in [0.15, 0.2) is 0 Å². The molecule has 4 rings (SSSR count). The number of anilines is 1. The fourth-order valence-corrected chi connectivity index (χ4v) is 4.22. The lowest BCUT2D eigenvalue weighted by Crippen LogP contribution is -2.68. The van der Waals surface area contributed by atoms with Gasteiger partial charge in [-0.05, 0) is 49.4 Å². The number of nitrogens with zero attached hydrogens (tertiary/aromatic N) is 2. The number of carbonyl (C=O) groups excluding carboxylic acids is 2. The highest BCUT2D eigenvalue weighted by Crippen LogP contribution is 2.37. The lowest BCUT2D eigenvalue weighted by atomic mass is 9.89. The Kier molecular flexibility index (Phi) is 4.53. The molecule has 2 amide bonds. The molecule has 2 heterocycles. The smallest absolute Gasteiger partial charge is 0.255 e. The zero-order valence-corrected chi connectivity index (χ0v) is 15.5.